The molecule has 3 heterocycles. The standard InChI is InChI=1S/C18H25N5O2/c1-4-22(10-9-21(2)3)18(24)17-12-14-11-16(13-23(14)20-17)25-15-5-7-19-8-6-15/h5-8,12,16H,4,9-11,13H2,1-3H3/t16-/m0/s1. The summed E-state index contributed by atoms with van der Waals surface area (Å²) in [6, 6.07) is 5.59. The highest BCUT2D eigenvalue weighted by Crippen LogP contribution is 2.21. The minimum atomic E-state index is -0.00199. The van der Waals surface area contributed by atoms with Crippen LogP contribution in [0.3, 0.4) is 0 Å². The van der Waals surface area contributed by atoms with Crippen molar-refractivity contribution in [2.24, 2.45) is 0 Å². The third-order valence-corrected chi connectivity index (χ3v) is 4.33. The Hall–Kier alpha value is -2.41. The van der Waals surface area contributed by atoms with Gasteiger partial charge in [0, 0.05) is 44.1 Å². The van der Waals surface area contributed by atoms with Gasteiger partial charge in [0.15, 0.2) is 5.69 Å². The number of aromatic nitrogens is 3. The SMILES string of the molecule is CCN(CCN(C)C)C(=O)c1cc2n(n1)C[C@@H](Oc1ccncc1)C2. The van der Waals surface area contributed by atoms with E-state index in [1.165, 1.54) is 0 Å². The van der Waals surface area contributed by atoms with Gasteiger partial charge in [-0.2, -0.15) is 5.10 Å². The number of carbonyl (C=O) groups excluding carboxylic acids is 1. The van der Waals surface area contributed by atoms with Crippen LogP contribution >= 0.6 is 0 Å². The molecule has 134 valence electrons. The fourth-order valence-electron chi connectivity index (χ4n) is 2.95. The topological polar surface area (TPSA) is 63.5 Å². The summed E-state index contributed by atoms with van der Waals surface area (Å²) >= 11 is 0. The van der Waals surface area contributed by atoms with Gasteiger partial charge in [-0.15, -0.1) is 0 Å². The highest BCUT2D eigenvalue weighted by atomic mass is 16.5. The van der Waals surface area contributed by atoms with Gasteiger partial charge >= 0.3 is 0 Å². The molecule has 1 aliphatic heterocycles. The lowest BCUT2D eigenvalue weighted by atomic mass is 10.2. The first-order chi connectivity index (χ1) is 12.1. The molecule has 0 saturated carbocycles. The summed E-state index contributed by atoms with van der Waals surface area (Å²) < 4.78 is 7.84. The van der Waals surface area contributed by atoms with Crippen LogP contribution in [0.25, 0.3) is 0 Å². The van der Waals surface area contributed by atoms with Gasteiger partial charge in [0.2, 0.25) is 0 Å². The molecular formula is C18H25N5O2. The van der Waals surface area contributed by atoms with Crippen molar-refractivity contribution in [1.82, 2.24) is 24.6 Å². The molecule has 2 aromatic heterocycles. The Bertz CT molecular complexity index is 690. The molecule has 0 spiro atoms. The molecule has 0 unspecified atom stereocenters. The zero-order valence-electron chi connectivity index (χ0n) is 15.1. The number of pyridine rings is 1. The maximum absolute atomic E-state index is 12.7. The number of hydrogen-bond donors (Lipinski definition) is 0. The van der Waals surface area contributed by atoms with E-state index >= 15 is 0 Å². The predicted molar refractivity (Wildman–Crippen MR) is 94.7 cm³/mol. The molecule has 0 aliphatic carbocycles. The summed E-state index contributed by atoms with van der Waals surface area (Å²) in [6.45, 7) is 4.89. The second-order valence-electron chi connectivity index (χ2n) is 6.52. The van der Waals surface area contributed by atoms with Gasteiger partial charge in [-0.25, -0.2) is 0 Å². The van der Waals surface area contributed by atoms with Gasteiger partial charge < -0.3 is 14.5 Å². The van der Waals surface area contributed by atoms with Crippen molar-refractivity contribution in [3.8, 4) is 5.75 Å². The highest BCUT2D eigenvalue weighted by molar-refractivity contribution is 5.92. The van der Waals surface area contributed by atoms with E-state index in [0.29, 0.717) is 25.3 Å². The second-order valence-corrected chi connectivity index (χ2v) is 6.52. The molecule has 0 aromatic carbocycles. The maximum Gasteiger partial charge on any atom is 0.274 e. The minimum Gasteiger partial charge on any atom is -0.488 e. The molecule has 3 rings (SSSR count). The molecule has 0 fully saturated rings. The van der Waals surface area contributed by atoms with Crippen molar-refractivity contribution in [3.63, 3.8) is 0 Å². The van der Waals surface area contributed by atoms with E-state index in [2.05, 4.69) is 15.0 Å². The molecule has 7 heteroatoms. The van der Waals surface area contributed by atoms with Crippen LogP contribution < -0.4 is 4.74 Å². The average Bonchev–Trinajstić information content (AvgIpc) is 3.14. The van der Waals surface area contributed by atoms with Gasteiger partial charge in [0.05, 0.1) is 6.54 Å². The highest BCUT2D eigenvalue weighted by Gasteiger charge is 2.27. The van der Waals surface area contributed by atoms with Crippen LogP contribution in [0.4, 0.5) is 0 Å². The fourth-order valence-corrected chi connectivity index (χ4v) is 2.95. The van der Waals surface area contributed by atoms with Crippen LogP contribution in [0.15, 0.2) is 30.6 Å². The van der Waals surface area contributed by atoms with Gasteiger partial charge in [-0.3, -0.25) is 14.5 Å². The first-order valence-electron chi connectivity index (χ1n) is 8.64. The summed E-state index contributed by atoms with van der Waals surface area (Å²) in [7, 11) is 4.01. The third-order valence-electron chi connectivity index (χ3n) is 4.33. The van der Waals surface area contributed by atoms with Crippen LogP contribution in [-0.4, -0.2) is 70.3 Å². The first kappa shape index (κ1) is 17.4. The number of amides is 1. The molecule has 1 amide bonds. The number of rotatable bonds is 7. The zero-order chi connectivity index (χ0) is 17.8. The fraction of sp³-hybridized carbons (Fsp3) is 0.500. The van der Waals surface area contributed by atoms with Gasteiger partial charge in [0.25, 0.3) is 5.91 Å². The van der Waals surface area contributed by atoms with E-state index in [0.717, 1.165) is 24.4 Å². The molecule has 0 N–H and O–H groups in total. The lowest BCUT2D eigenvalue weighted by Gasteiger charge is -2.22. The van der Waals surface area contributed by atoms with E-state index in [-0.39, 0.29) is 12.0 Å². The Labute approximate surface area is 148 Å². The Morgan fingerprint density at radius 2 is 2.08 bits per heavy atom. The number of ether oxygens (including phenoxy) is 1. The lowest BCUT2D eigenvalue weighted by molar-refractivity contribution is 0.0746. The largest absolute Gasteiger partial charge is 0.488 e. The van der Waals surface area contributed by atoms with Crippen LogP contribution in [-0.2, 0) is 13.0 Å². The summed E-state index contributed by atoms with van der Waals surface area (Å²) in [5.41, 5.74) is 1.57. The van der Waals surface area contributed by atoms with Crippen molar-refractivity contribution in [1.29, 1.82) is 0 Å². The minimum absolute atomic E-state index is 0.00199. The predicted octanol–water partition coefficient (Wildman–Crippen LogP) is 1.31. The molecule has 0 radical (unpaired) electrons. The Balaban J connectivity index is 1.61. The van der Waals surface area contributed by atoms with E-state index < -0.39 is 0 Å². The van der Waals surface area contributed by atoms with Gasteiger partial charge in [-0.05, 0) is 39.2 Å². The van der Waals surface area contributed by atoms with E-state index in [1.807, 2.05) is 48.8 Å². The first-order valence-corrected chi connectivity index (χ1v) is 8.64. The normalized spacial score (nSPS) is 16.1. The van der Waals surface area contributed by atoms with Crippen LogP contribution in [0.2, 0.25) is 0 Å². The molecular weight excluding hydrogens is 318 g/mol. The van der Waals surface area contributed by atoms with E-state index in [4.69, 9.17) is 4.74 Å². The number of hydrogen-bond acceptors (Lipinski definition) is 5. The maximum atomic E-state index is 12.7. The van der Waals surface area contributed by atoms with Crippen LogP contribution in [0, 0.1) is 0 Å². The van der Waals surface area contributed by atoms with Crippen molar-refractivity contribution in [2.45, 2.75) is 26.0 Å². The number of likely N-dealkylation sites (N-methyl/N-ethyl adjacent to an activating group) is 2. The summed E-state index contributed by atoms with van der Waals surface area (Å²) in [5.74, 6) is 0.806. The monoisotopic (exact) mass is 343 g/mol. The second kappa shape index (κ2) is 7.65. The number of carbonyl (C=O) groups is 1. The zero-order valence-corrected chi connectivity index (χ0v) is 15.1. The smallest absolute Gasteiger partial charge is 0.274 e. The Kier molecular flexibility index (Phi) is 5.33. The third kappa shape index (κ3) is 4.17. The molecule has 2 aromatic rings. The van der Waals surface area contributed by atoms with E-state index in [1.54, 1.807) is 12.4 Å². The molecule has 0 bridgehead atoms. The Morgan fingerprint density at radius 1 is 1.32 bits per heavy atom. The van der Waals surface area contributed by atoms with Crippen molar-refractivity contribution >= 4 is 5.91 Å². The average molecular weight is 343 g/mol. The number of fused-ring (bicyclic) bond motifs is 1. The molecule has 1 atom stereocenters. The van der Waals surface area contributed by atoms with Crippen molar-refractivity contribution in [3.05, 3.63) is 42.0 Å². The van der Waals surface area contributed by atoms with Crippen LogP contribution in [0.5, 0.6) is 5.75 Å². The molecule has 25 heavy (non-hydrogen) atoms. The van der Waals surface area contributed by atoms with Crippen LogP contribution in [0.1, 0.15) is 23.1 Å². The lowest BCUT2D eigenvalue weighted by Crippen LogP contribution is -2.36. The van der Waals surface area contributed by atoms with Gasteiger partial charge in [-0.1, -0.05) is 0 Å². The number of nitrogens with zero attached hydrogens (tertiary/aromatic N) is 5. The van der Waals surface area contributed by atoms with Crippen molar-refractivity contribution < 1.29 is 9.53 Å². The summed E-state index contributed by atoms with van der Waals surface area (Å²) in [6.07, 6.45) is 4.23. The molecule has 0 saturated heterocycles. The van der Waals surface area contributed by atoms with Crippen molar-refractivity contribution in [2.75, 3.05) is 33.7 Å². The Morgan fingerprint density at radius 3 is 2.72 bits per heavy atom. The quantitative estimate of drug-likeness (QED) is 0.758. The summed E-state index contributed by atoms with van der Waals surface area (Å²) in [4.78, 5) is 20.6. The van der Waals surface area contributed by atoms with E-state index in [9.17, 15) is 4.79 Å². The van der Waals surface area contributed by atoms with Gasteiger partial charge in [0.1, 0.15) is 11.9 Å². The molecule has 1 aliphatic rings. The molecule has 7 nitrogen and oxygen atoms in total. The summed E-state index contributed by atoms with van der Waals surface area (Å²) in [5, 5.41) is 4.50.